The van der Waals surface area contributed by atoms with Gasteiger partial charge in [0.05, 0.1) is 30.2 Å². The van der Waals surface area contributed by atoms with Gasteiger partial charge in [0.15, 0.2) is 11.0 Å². The summed E-state index contributed by atoms with van der Waals surface area (Å²) in [6, 6.07) is 10.8. The van der Waals surface area contributed by atoms with Crippen LogP contribution in [-0.2, 0) is 11.8 Å². The van der Waals surface area contributed by atoms with Crippen LogP contribution >= 0.6 is 11.8 Å². The second-order valence-corrected chi connectivity index (χ2v) is 8.06. The number of nitrogens with one attached hydrogen (secondary N) is 2. The number of anilines is 1. The van der Waals surface area contributed by atoms with E-state index in [1.54, 1.807) is 37.8 Å². The van der Waals surface area contributed by atoms with Crippen LogP contribution < -0.4 is 15.4 Å². The number of carbonyl (C=O) groups is 2. The first kappa shape index (κ1) is 23.3. The van der Waals surface area contributed by atoms with E-state index in [4.69, 9.17) is 4.74 Å². The van der Waals surface area contributed by atoms with Gasteiger partial charge in [-0.05, 0) is 43.7 Å². The third-order valence-corrected chi connectivity index (χ3v) is 5.70. The SMILES string of the molecule is COc1ccc(C)cc1NC(=O)CSc1nnc([C@H](C)NC(=O)c2ccccc2F)n1C. The fraction of sp³-hybridized carbons (Fsp3) is 0.273. The number of aromatic nitrogens is 3. The van der Waals surface area contributed by atoms with Crippen molar-refractivity contribution in [3.63, 3.8) is 0 Å². The van der Waals surface area contributed by atoms with E-state index in [1.165, 1.54) is 30.0 Å². The van der Waals surface area contributed by atoms with Crippen molar-refractivity contribution in [2.45, 2.75) is 25.0 Å². The average molecular weight is 458 g/mol. The maximum Gasteiger partial charge on any atom is 0.254 e. The molecule has 0 aliphatic heterocycles. The van der Waals surface area contributed by atoms with Crippen molar-refractivity contribution in [3.8, 4) is 5.75 Å². The van der Waals surface area contributed by atoms with Crippen molar-refractivity contribution in [1.29, 1.82) is 0 Å². The minimum atomic E-state index is -0.595. The van der Waals surface area contributed by atoms with Crippen molar-refractivity contribution in [1.82, 2.24) is 20.1 Å². The Bertz CT molecular complexity index is 1130. The molecule has 0 aliphatic carbocycles. The molecular formula is C22H24FN5O3S. The molecule has 3 rings (SSSR count). The highest BCUT2D eigenvalue weighted by Crippen LogP contribution is 2.26. The van der Waals surface area contributed by atoms with Gasteiger partial charge in [0, 0.05) is 7.05 Å². The molecule has 2 aromatic carbocycles. The van der Waals surface area contributed by atoms with E-state index in [1.807, 2.05) is 19.1 Å². The number of carbonyl (C=O) groups excluding carboxylic acids is 2. The van der Waals surface area contributed by atoms with Gasteiger partial charge in [-0.25, -0.2) is 4.39 Å². The lowest BCUT2D eigenvalue weighted by Crippen LogP contribution is -2.29. The van der Waals surface area contributed by atoms with Crippen molar-refractivity contribution in [2.75, 3.05) is 18.2 Å². The molecule has 3 aromatic rings. The molecule has 0 spiro atoms. The Kier molecular flexibility index (Phi) is 7.47. The van der Waals surface area contributed by atoms with E-state index in [0.717, 1.165) is 5.56 Å². The molecule has 0 fully saturated rings. The molecule has 1 aromatic heterocycles. The molecule has 1 atom stereocenters. The summed E-state index contributed by atoms with van der Waals surface area (Å²) in [6.45, 7) is 3.66. The topological polar surface area (TPSA) is 98.1 Å². The largest absolute Gasteiger partial charge is 0.495 e. The molecule has 10 heteroatoms. The zero-order valence-electron chi connectivity index (χ0n) is 18.2. The van der Waals surface area contributed by atoms with E-state index < -0.39 is 17.8 Å². The maximum atomic E-state index is 13.8. The van der Waals surface area contributed by atoms with Gasteiger partial charge in [-0.2, -0.15) is 0 Å². The molecule has 2 amide bonds. The first-order chi connectivity index (χ1) is 15.3. The number of aryl methyl sites for hydroxylation is 1. The van der Waals surface area contributed by atoms with Gasteiger partial charge in [-0.1, -0.05) is 30.0 Å². The number of ether oxygens (including phenoxy) is 1. The van der Waals surface area contributed by atoms with Gasteiger partial charge in [0.1, 0.15) is 11.6 Å². The molecule has 0 aliphatic rings. The summed E-state index contributed by atoms with van der Waals surface area (Å²) in [7, 11) is 3.28. The smallest absolute Gasteiger partial charge is 0.254 e. The zero-order valence-corrected chi connectivity index (χ0v) is 19.0. The number of hydrogen-bond donors (Lipinski definition) is 2. The number of nitrogens with zero attached hydrogens (tertiary/aromatic N) is 3. The van der Waals surface area contributed by atoms with Crippen LogP contribution in [-0.4, -0.2) is 39.4 Å². The standard InChI is InChI=1S/C22H24FN5O3S/c1-13-9-10-18(31-4)17(11-13)25-19(29)12-32-22-27-26-20(28(22)3)14(2)24-21(30)15-7-5-6-8-16(15)23/h5-11,14H,12H2,1-4H3,(H,24,30)(H,25,29)/t14-/m0/s1. The molecule has 0 radical (unpaired) electrons. The third kappa shape index (κ3) is 5.44. The Morgan fingerprint density at radius 1 is 1.22 bits per heavy atom. The monoisotopic (exact) mass is 457 g/mol. The maximum absolute atomic E-state index is 13.8. The number of rotatable bonds is 8. The minimum absolute atomic E-state index is 0.0423. The highest BCUT2D eigenvalue weighted by atomic mass is 32.2. The Balaban J connectivity index is 1.61. The van der Waals surface area contributed by atoms with Crippen LogP contribution in [0.3, 0.4) is 0 Å². The summed E-state index contributed by atoms with van der Waals surface area (Å²) in [5, 5.41) is 14.3. The summed E-state index contributed by atoms with van der Waals surface area (Å²) >= 11 is 1.21. The lowest BCUT2D eigenvalue weighted by molar-refractivity contribution is -0.113. The summed E-state index contributed by atoms with van der Waals surface area (Å²) in [5.41, 5.74) is 1.55. The lowest BCUT2D eigenvalue weighted by Gasteiger charge is -2.14. The number of amides is 2. The molecule has 32 heavy (non-hydrogen) atoms. The summed E-state index contributed by atoms with van der Waals surface area (Å²) in [6.07, 6.45) is 0. The number of benzene rings is 2. The van der Waals surface area contributed by atoms with Gasteiger partial charge in [-0.15, -0.1) is 10.2 Å². The zero-order chi connectivity index (χ0) is 23.3. The minimum Gasteiger partial charge on any atom is -0.495 e. The first-order valence-electron chi connectivity index (χ1n) is 9.82. The molecule has 168 valence electrons. The molecule has 1 heterocycles. The lowest BCUT2D eigenvalue weighted by atomic mass is 10.2. The van der Waals surface area contributed by atoms with Crippen LogP contribution in [0.2, 0.25) is 0 Å². The van der Waals surface area contributed by atoms with Gasteiger partial charge >= 0.3 is 0 Å². The van der Waals surface area contributed by atoms with E-state index in [-0.39, 0.29) is 17.2 Å². The second kappa shape index (κ2) is 10.3. The second-order valence-electron chi connectivity index (χ2n) is 7.12. The Morgan fingerprint density at radius 3 is 2.69 bits per heavy atom. The number of methoxy groups -OCH3 is 1. The molecule has 2 N–H and O–H groups in total. The highest BCUT2D eigenvalue weighted by molar-refractivity contribution is 7.99. The van der Waals surface area contributed by atoms with Crippen LogP contribution in [0.5, 0.6) is 5.75 Å². The van der Waals surface area contributed by atoms with Gasteiger partial charge in [0.25, 0.3) is 5.91 Å². The van der Waals surface area contributed by atoms with Gasteiger partial charge in [0.2, 0.25) is 5.91 Å². The fourth-order valence-electron chi connectivity index (χ4n) is 3.05. The number of halogens is 1. The molecule has 0 bridgehead atoms. The van der Waals surface area contributed by atoms with Crippen LogP contribution in [0, 0.1) is 12.7 Å². The number of thioether (sulfide) groups is 1. The van der Waals surface area contributed by atoms with E-state index in [0.29, 0.717) is 22.4 Å². The molecule has 8 nitrogen and oxygen atoms in total. The first-order valence-corrected chi connectivity index (χ1v) is 10.8. The predicted octanol–water partition coefficient (Wildman–Crippen LogP) is 3.49. The highest BCUT2D eigenvalue weighted by Gasteiger charge is 2.20. The molecule has 0 unspecified atom stereocenters. The molecule has 0 saturated carbocycles. The Hall–Kier alpha value is -3.40. The van der Waals surface area contributed by atoms with Crippen molar-refractivity contribution in [3.05, 3.63) is 65.2 Å². The van der Waals surface area contributed by atoms with Crippen molar-refractivity contribution in [2.24, 2.45) is 7.05 Å². The van der Waals surface area contributed by atoms with Crippen molar-refractivity contribution >= 4 is 29.3 Å². The fourth-order valence-corrected chi connectivity index (χ4v) is 3.77. The van der Waals surface area contributed by atoms with E-state index in [2.05, 4.69) is 20.8 Å². The van der Waals surface area contributed by atoms with Crippen molar-refractivity contribution < 1.29 is 18.7 Å². The molecular weight excluding hydrogens is 433 g/mol. The summed E-state index contributed by atoms with van der Waals surface area (Å²) in [4.78, 5) is 24.8. The Morgan fingerprint density at radius 2 is 1.97 bits per heavy atom. The average Bonchev–Trinajstić information content (AvgIpc) is 3.13. The quantitative estimate of drug-likeness (QED) is 0.503. The van der Waals surface area contributed by atoms with Crippen LogP contribution in [0.1, 0.15) is 34.7 Å². The van der Waals surface area contributed by atoms with E-state index >= 15 is 0 Å². The number of hydrogen-bond acceptors (Lipinski definition) is 6. The third-order valence-electron chi connectivity index (χ3n) is 4.68. The Labute approximate surface area is 189 Å². The van der Waals surface area contributed by atoms with Gasteiger partial charge in [-0.3, -0.25) is 9.59 Å². The molecule has 0 saturated heterocycles. The van der Waals surface area contributed by atoms with E-state index in [9.17, 15) is 14.0 Å². The predicted molar refractivity (Wildman–Crippen MR) is 120 cm³/mol. The van der Waals surface area contributed by atoms with Crippen LogP contribution in [0.4, 0.5) is 10.1 Å². The van der Waals surface area contributed by atoms with Crippen LogP contribution in [0.25, 0.3) is 0 Å². The summed E-state index contributed by atoms with van der Waals surface area (Å²) in [5.74, 6) is -0.183. The van der Waals surface area contributed by atoms with Crippen LogP contribution in [0.15, 0.2) is 47.6 Å². The summed E-state index contributed by atoms with van der Waals surface area (Å²) < 4.78 is 20.8. The van der Waals surface area contributed by atoms with Gasteiger partial charge < -0.3 is 19.9 Å². The normalized spacial score (nSPS) is 11.7.